The van der Waals surface area contributed by atoms with Crippen LogP contribution in [0, 0.1) is 11.6 Å². The Morgan fingerprint density at radius 2 is 1.79 bits per heavy atom. The van der Waals surface area contributed by atoms with E-state index in [1.807, 2.05) is 0 Å². The molecule has 0 aliphatic carbocycles. The lowest BCUT2D eigenvalue weighted by Crippen LogP contribution is -2.45. The summed E-state index contributed by atoms with van der Waals surface area (Å²) in [6.45, 7) is 3.05. The van der Waals surface area contributed by atoms with Gasteiger partial charge in [-0.25, -0.2) is 22.0 Å². The van der Waals surface area contributed by atoms with E-state index < -0.39 is 39.6 Å². The van der Waals surface area contributed by atoms with Gasteiger partial charge in [0.15, 0.2) is 11.6 Å². The monoisotopic (exact) mass is 426 g/mol. The summed E-state index contributed by atoms with van der Waals surface area (Å²) in [5.74, 6) is -3.84. The fourth-order valence-corrected chi connectivity index (χ4v) is 3.81. The molecule has 1 amide bonds. The van der Waals surface area contributed by atoms with E-state index in [9.17, 15) is 26.8 Å². The Morgan fingerprint density at radius 3 is 2.38 bits per heavy atom. The quantitative estimate of drug-likeness (QED) is 0.688. The average molecular weight is 426 g/mol. The van der Waals surface area contributed by atoms with Crippen LogP contribution in [0.4, 0.5) is 20.2 Å². The zero-order chi connectivity index (χ0) is 21.8. The van der Waals surface area contributed by atoms with Crippen molar-refractivity contribution in [1.82, 2.24) is 0 Å². The van der Waals surface area contributed by atoms with Crippen molar-refractivity contribution in [2.24, 2.45) is 0 Å². The highest BCUT2D eigenvalue weighted by Gasteiger charge is 2.30. The van der Waals surface area contributed by atoms with Gasteiger partial charge >= 0.3 is 5.97 Å². The number of amides is 1. The maximum Gasteiger partial charge on any atom is 0.340 e. The topological polar surface area (TPSA) is 92.8 Å². The van der Waals surface area contributed by atoms with E-state index in [-0.39, 0.29) is 23.5 Å². The van der Waals surface area contributed by atoms with E-state index in [2.05, 4.69) is 5.32 Å². The standard InChI is InChI=1S/C19H20F2N2O5S/c1-4-28-19(25)14-7-5-6-8-17(14)22-18(24)12(2)23(29(3,26)27)13-9-10-15(20)16(21)11-13/h5-12H,4H2,1-3H3,(H,22,24)/t12-/m0/s1. The van der Waals surface area contributed by atoms with Crippen molar-refractivity contribution < 1.29 is 31.5 Å². The molecule has 2 aromatic rings. The molecule has 0 radical (unpaired) electrons. The molecule has 0 bridgehead atoms. The molecule has 0 unspecified atom stereocenters. The van der Waals surface area contributed by atoms with Crippen molar-refractivity contribution in [3.8, 4) is 0 Å². The smallest absolute Gasteiger partial charge is 0.340 e. The van der Waals surface area contributed by atoms with Gasteiger partial charge in [-0.3, -0.25) is 9.10 Å². The molecule has 0 fully saturated rings. The second kappa shape index (κ2) is 8.99. The van der Waals surface area contributed by atoms with Crippen LogP contribution in [-0.4, -0.2) is 39.2 Å². The summed E-state index contributed by atoms with van der Waals surface area (Å²) < 4.78 is 56.9. The number of anilines is 2. The fraction of sp³-hybridized carbons (Fsp3) is 0.263. The predicted octanol–water partition coefficient (Wildman–Crippen LogP) is 2.93. The van der Waals surface area contributed by atoms with Crippen molar-refractivity contribution in [1.29, 1.82) is 0 Å². The molecule has 0 saturated carbocycles. The summed E-state index contributed by atoms with van der Waals surface area (Å²) in [6.07, 6.45) is 0.838. The number of hydrogen-bond donors (Lipinski definition) is 1. The molecule has 0 aliphatic heterocycles. The van der Waals surface area contributed by atoms with Crippen LogP contribution in [0.1, 0.15) is 24.2 Å². The van der Waals surface area contributed by atoms with Crippen molar-refractivity contribution in [2.45, 2.75) is 19.9 Å². The molecular weight excluding hydrogens is 406 g/mol. The zero-order valence-electron chi connectivity index (χ0n) is 16.0. The largest absolute Gasteiger partial charge is 0.462 e. The van der Waals surface area contributed by atoms with Gasteiger partial charge in [-0.15, -0.1) is 0 Å². The van der Waals surface area contributed by atoms with E-state index in [1.165, 1.54) is 19.1 Å². The van der Waals surface area contributed by atoms with Gasteiger partial charge in [0, 0.05) is 6.07 Å². The highest BCUT2D eigenvalue weighted by molar-refractivity contribution is 7.92. The number of benzene rings is 2. The van der Waals surface area contributed by atoms with Gasteiger partial charge in [0.2, 0.25) is 15.9 Å². The third-order valence-corrected chi connectivity index (χ3v) is 5.17. The summed E-state index contributed by atoms with van der Waals surface area (Å²) >= 11 is 0. The first-order chi connectivity index (χ1) is 13.6. The lowest BCUT2D eigenvalue weighted by atomic mass is 10.1. The highest BCUT2D eigenvalue weighted by Crippen LogP contribution is 2.24. The second-order valence-corrected chi connectivity index (χ2v) is 7.95. The number of ether oxygens (including phenoxy) is 1. The highest BCUT2D eigenvalue weighted by atomic mass is 32.2. The Labute approximate surface area is 167 Å². The molecule has 7 nitrogen and oxygen atoms in total. The molecule has 0 aromatic heterocycles. The number of halogens is 2. The summed E-state index contributed by atoms with van der Waals surface area (Å²) in [6, 6.07) is 7.24. The van der Waals surface area contributed by atoms with Crippen LogP contribution >= 0.6 is 0 Å². The summed E-state index contributed by atoms with van der Waals surface area (Å²) in [7, 11) is -4.03. The average Bonchev–Trinajstić information content (AvgIpc) is 2.64. The summed E-state index contributed by atoms with van der Waals surface area (Å²) in [5, 5.41) is 2.48. The normalized spacial score (nSPS) is 12.2. The van der Waals surface area contributed by atoms with Crippen LogP contribution in [0.3, 0.4) is 0 Å². The number of nitrogens with one attached hydrogen (secondary N) is 1. The molecule has 0 spiro atoms. The molecular formula is C19H20F2N2O5S. The van der Waals surface area contributed by atoms with Crippen LogP contribution in [0.25, 0.3) is 0 Å². The maximum absolute atomic E-state index is 13.6. The Bertz CT molecular complexity index is 1030. The van der Waals surface area contributed by atoms with E-state index in [0.29, 0.717) is 10.4 Å². The minimum Gasteiger partial charge on any atom is -0.462 e. The number of carbonyl (C=O) groups is 2. The molecule has 2 aromatic carbocycles. The van der Waals surface area contributed by atoms with E-state index in [0.717, 1.165) is 18.4 Å². The first-order valence-corrected chi connectivity index (χ1v) is 10.4. The van der Waals surface area contributed by atoms with Crippen LogP contribution in [0.2, 0.25) is 0 Å². The second-order valence-electron chi connectivity index (χ2n) is 6.09. The van der Waals surface area contributed by atoms with E-state index >= 15 is 0 Å². The van der Waals surface area contributed by atoms with Crippen LogP contribution in [0.15, 0.2) is 42.5 Å². The number of nitrogens with zero attached hydrogens (tertiary/aromatic N) is 1. The minimum absolute atomic E-state index is 0.0913. The van der Waals surface area contributed by atoms with Crippen molar-refractivity contribution in [2.75, 3.05) is 22.5 Å². The fourth-order valence-electron chi connectivity index (χ4n) is 2.65. The zero-order valence-corrected chi connectivity index (χ0v) is 16.8. The van der Waals surface area contributed by atoms with Crippen molar-refractivity contribution in [3.63, 3.8) is 0 Å². The molecule has 1 atom stereocenters. The predicted molar refractivity (Wildman–Crippen MR) is 104 cm³/mol. The molecule has 0 saturated heterocycles. The van der Waals surface area contributed by atoms with Crippen LogP contribution in [-0.2, 0) is 19.6 Å². The first-order valence-electron chi connectivity index (χ1n) is 8.57. The third kappa shape index (κ3) is 5.29. The molecule has 29 heavy (non-hydrogen) atoms. The molecule has 10 heteroatoms. The molecule has 0 heterocycles. The van der Waals surface area contributed by atoms with Crippen LogP contribution < -0.4 is 9.62 Å². The molecule has 0 aliphatic rings. The van der Waals surface area contributed by atoms with Gasteiger partial charge in [-0.1, -0.05) is 12.1 Å². The van der Waals surface area contributed by atoms with Gasteiger partial charge < -0.3 is 10.1 Å². The number of hydrogen-bond acceptors (Lipinski definition) is 5. The first kappa shape index (κ1) is 22.3. The molecule has 2 rings (SSSR count). The number of carbonyl (C=O) groups excluding carboxylic acids is 2. The SMILES string of the molecule is CCOC(=O)c1ccccc1NC(=O)[C@H](C)N(c1ccc(F)c(F)c1)S(C)(=O)=O. The Morgan fingerprint density at radius 1 is 1.14 bits per heavy atom. The van der Waals surface area contributed by atoms with Gasteiger partial charge in [-0.2, -0.15) is 0 Å². The van der Waals surface area contributed by atoms with Crippen molar-refractivity contribution >= 4 is 33.3 Å². The van der Waals surface area contributed by atoms with Crippen molar-refractivity contribution in [3.05, 3.63) is 59.7 Å². The van der Waals surface area contributed by atoms with Gasteiger partial charge in [0.1, 0.15) is 6.04 Å². The minimum atomic E-state index is -4.03. The number of esters is 1. The number of rotatable bonds is 7. The lowest BCUT2D eigenvalue weighted by molar-refractivity contribution is -0.116. The third-order valence-electron chi connectivity index (χ3n) is 3.93. The maximum atomic E-state index is 13.6. The van der Waals surface area contributed by atoms with Gasteiger partial charge in [0.05, 0.1) is 29.8 Å². The lowest BCUT2D eigenvalue weighted by Gasteiger charge is -2.28. The summed E-state index contributed by atoms with van der Waals surface area (Å²) in [4.78, 5) is 24.8. The van der Waals surface area contributed by atoms with Gasteiger partial charge in [0.25, 0.3) is 0 Å². The van der Waals surface area contributed by atoms with E-state index in [4.69, 9.17) is 4.74 Å². The summed E-state index contributed by atoms with van der Waals surface area (Å²) in [5.41, 5.74) is 0.00268. The number of para-hydroxylation sites is 1. The Kier molecular flexibility index (Phi) is 6.91. The van der Waals surface area contributed by atoms with Crippen LogP contribution in [0.5, 0.6) is 0 Å². The number of sulfonamides is 1. The Balaban J connectivity index is 2.36. The molecule has 156 valence electrons. The van der Waals surface area contributed by atoms with E-state index in [1.54, 1.807) is 19.1 Å². The Hall–Kier alpha value is -3.01. The molecule has 1 N–H and O–H groups in total. The van der Waals surface area contributed by atoms with Gasteiger partial charge in [-0.05, 0) is 38.1 Å².